The van der Waals surface area contributed by atoms with Crippen LogP contribution in [0.15, 0.2) is 97.3 Å². The first-order valence-corrected chi connectivity index (χ1v) is 13.6. The monoisotopic (exact) mass is 571 g/mol. The molecule has 1 fully saturated rings. The van der Waals surface area contributed by atoms with Crippen LogP contribution in [0.25, 0.3) is 0 Å². The summed E-state index contributed by atoms with van der Waals surface area (Å²) >= 11 is 0. The van der Waals surface area contributed by atoms with Crippen molar-refractivity contribution in [1.82, 2.24) is 0 Å². The second-order valence-corrected chi connectivity index (χ2v) is 10.1. The number of pyridine rings is 1. The minimum atomic E-state index is 0. The predicted octanol–water partition coefficient (Wildman–Crippen LogP) is 3.35. The Hall–Kier alpha value is -3.31. The third kappa shape index (κ3) is 8.09. The molecule has 5 rings (SSSR count). The highest BCUT2D eigenvalue weighted by molar-refractivity contribution is 5.45. The van der Waals surface area contributed by atoms with Gasteiger partial charge in [-0.3, -0.25) is 0 Å². The smallest absolute Gasteiger partial charge is 0.173 e. The summed E-state index contributed by atoms with van der Waals surface area (Å²) in [4.78, 5) is 2.48. The van der Waals surface area contributed by atoms with E-state index in [9.17, 15) is 0 Å². The van der Waals surface area contributed by atoms with Gasteiger partial charge in [-0.1, -0.05) is 54.6 Å². The number of benzene rings is 3. The number of aromatic nitrogens is 1. The molecule has 0 atom stereocenters. The van der Waals surface area contributed by atoms with E-state index in [1.165, 1.54) is 66.7 Å². The Balaban J connectivity index is 0.00000336. The van der Waals surface area contributed by atoms with Crippen LogP contribution in [0.5, 0.6) is 5.75 Å². The van der Waals surface area contributed by atoms with Crippen LogP contribution in [0.4, 0.5) is 11.4 Å². The molecule has 0 radical (unpaired) electrons. The van der Waals surface area contributed by atoms with Crippen molar-refractivity contribution in [3.05, 3.63) is 120 Å². The van der Waals surface area contributed by atoms with E-state index in [2.05, 4.69) is 82.5 Å². The zero-order chi connectivity index (χ0) is 25.3. The number of hydrogen-bond acceptors (Lipinski definition) is 3. The van der Waals surface area contributed by atoms with Gasteiger partial charge in [-0.05, 0) is 67.3 Å². The SMILES string of the molecule is Nc1cccc(OCc2ccc(CCCCc3ccc(C[n+]4ccc(N5CCCC5)cc4)cc3)cc2)c1.[Br-]. The molecule has 0 amide bonds. The Morgan fingerprint density at radius 1 is 0.711 bits per heavy atom. The van der Waals surface area contributed by atoms with Crippen molar-refractivity contribution >= 4 is 11.4 Å². The average Bonchev–Trinajstić information content (AvgIpc) is 3.47. The van der Waals surface area contributed by atoms with Gasteiger partial charge in [0.15, 0.2) is 18.9 Å². The van der Waals surface area contributed by atoms with E-state index < -0.39 is 0 Å². The highest BCUT2D eigenvalue weighted by atomic mass is 79.9. The van der Waals surface area contributed by atoms with Gasteiger partial charge in [0, 0.05) is 48.2 Å². The van der Waals surface area contributed by atoms with Crippen LogP contribution in [-0.4, -0.2) is 13.1 Å². The molecule has 1 aliphatic rings. The molecule has 0 saturated carbocycles. The number of ether oxygens (including phenoxy) is 1. The molecule has 0 spiro atoms. The van der Waals surface area contributed by atoms with Crippen molar-refractivity contribution in [2.45, 2.75) is 51.7 Å². The van der Waals surface area contributed by atoms with E-state index in [0.29, 0.717) is 6.61 Å². The molecule has 0 aliphatic carbocycles. The fraction of sp³-hybridized carbons (Fsp3) is 0.303. The Kier molecular flexibility index (Phi) is 10.2. The van der Waals surface area contributed by atoms with E-state index in [1.54, 1.807) is 0 Å². The summed E-state index contributed by atoms with van der Waals surface area (Å²) in [7, 11) is 0. The number of nitrogens with two attached hydrogens (primary N) is 1. The Morgan fingerprint density at radius 3 is 1.89 bits per heavy atom. The maximum atomic E-state index is 5.84. The van der Waals surface area contributed by atoms with Gasteiger partial charge < -0.3 is 32.4 Å². The van der Waals surface area contributed by atoms with E-state index in [0.717, 1.165) is 30.8 Å². The lowest BCUT2D eigenvalue weighted by Crippen LogP contribution is -3.00. The van der Waals surface area contributed by atoms with Gasteiger partial charge in [0.2, 0.25) is 0 Å². The predicted molar refractivity (Wildman–Crippen MR) is 152 cm³/mol. The minimum absolute atomic E-state index is 0. The zero-order valence-corrected chi connectivity index (χ0v) is 23.7. The zero-order valence-electron chi connectivity index (χ0n) is 22.1. The van der Waals surface area contributed by atoms with Crippen molar-refractivity contribution < 1.29 is 26.3 Å². The second-order valence-electron chi connectivity index (χ2n) is 10.1. The lowest BCUT2D eigenvalue weighted by Gasteiger charge is -2.16. The van der Waals surface area contributed by atoms with Crippen molar-refractivity contribution in [2.75, 3.05) is 23.7 Å². The summed E-state index contributed by atoms with van der Waals surface area (Å²) in [6.45, 7) is 3.86. The Bertz CT molecular complexity index is 1250. The first-order chi connectivity index (χ1) is 18.2. The number of unbranched alkanes of at least 4 members (excludes halogenated alkanes) is 1. The second kappa shape index (κ2) is 14.0. The van der Waals surface area contributed by atoms with Gasteiger partial charge in [-0.25, -0.2) is 4.57 Å². The van der Waals surface area contributed by atoms with Crippen LogP contribution < -0.4 is 36.9 Å². The van der Waals surface area contributed by atoms with Crippen LogP contribution in [0.3, 0.4) is 0 Å². The molecule has 0 unspecified atom stereocenters. The molecule has 1 saturated heterocycles. The van der Waals surface area contributed by atoms with Gasteiger partial charge in [-0.15, -0.1) is 0 Å². The van der Waals surface area contributed by atoms with E-state index in [-0.39, 0.29) is 17.0 Å². The summed E-state index contributed by atoms with van der Waals surface area (Å²) in [6.07, 6.45) is 11.7. The molecule has 1 aromatic heterocycles. The van der Waals surface area contributed by atoms with Crippen LogP contribution in [0, 0.1) is 0 Å². The number of aryl methyl sites for hydroxylation is 2. The first-order valence-electron chi connectivity index (χ1n) is 13.6. The molecular formula is C33H38BrN3O. The number of halogens is 1. The number of nitrogens with zero attached hydrogens (tertiary/aromatic N) is 2. The molecule has 0 bridgehead atoms. The summed E-state index contributed by atoms with van der Waals surface area (Å²) in [5.74, 6) is 0.808. The molecular weight excluding hydrogens is 534 g/mol. The molecule has 4 aromatic rings. The molecule has 198 valence electrons. The number of nitrogen functional groups attached to an aromatic ring is 1. The van der Waals surface area contributed by atoms with E-state index in [4.69, 9.17) is 10.5 Å². The molecule has 4 nitrogen and oxygen atoms in total. The lowest BCUT2D eigenvalue weighted by atomic mass is 10.0. The molecule has 38 heavy (non-hydrogen) atoms. The normalized spacial score (nSPS) is 12.8. The Labute approximate surface area is 237 Å². The molecule has 2 heterocycles. The fourth-order valence-corrected chi connectivity index (χ4v) is 4.99. The standard InChI is InChI=1S/C33H38N3O.BrH/c34-31-8-5-9-33(24-31)37-26-30-16-12-28(13-17-30)7-2-1-6-27-10-14-29(15-11-27)25-35-22-18-32(19-23-35)36-20-3-4-21-36;/h5,8-19,22-24H,1-4,6-7,20-21,25-26,34H2;1H/q+1;/p-1. The van der Waals surface area contributed by atoms with Gasteiger partial charge >= 0.3 is 0 Å². The summed E-state index contributed by atoms with van der Waals surface area (Å²) < 4.78 is 8.11. The van der Waals surface area contributed by atoms with Crippen molar-refractivity contribution in [1.29, 1.82) is 0 Å². The van der Waals surface area contributed by atoms with Gasteiger partial charge in [0.1, 0.15) is 12.4 Å². The molecule has 1 aliphatic heterocycles. The Morgan fingerprint density at radius 2 is 1.29 bits per heavy atom. The van der Waals surface area contributed by atoms with E-state index >= 15 is 0 Å². The van der Waals surface area contributed by atoms with Gasteiger partial charge in [-0.2, -0.15) is 0 Å². The maximum absolute atomic E-state index is 5.84. The molecule has 2 N–H and O–H groups in total. The fourth-order valence-electron chi connectivity index (χ4n) is 4.99. The summed E-state index contributed by atoms with van der Waals surface area (Å²) in [5.41, 5.74) is 13.2. The van der Waals surface area contributed by atoms with E-state index in [1.807, 2.05) is 24.3 Å². The van der Waals surface area contributed by atoms with Crippen molar-refractivity contribution in [3.63, 3.8) is 0 Å². The van der Waals surface area contributed by atoms with Crippen LogP contribution in [0.1, 0.15) is 47.9 Å². The molecule has 3 aromatic carbocycles. The molecule has 5 heteroatoms. The third-order valence-corrected chi connectivity index (χ3v) is 7.20. The minimum Gasteiger partial charge on any atom is -1.00 e. The van der Waals surface area contributed by atoms with Crippen LogP contribution in [-0.2, 0) is 26.0 Å². The van der Waals surface area contributed by atoms with Crippen molar-refractivity contribution in [3.8, 4) is 5.75 Å². The topological polar surface area (TPSA) is 42.4 Å². The van der Waals surface area contributed by atoms with Gasteiger partial charge in [0.25, 0.3) is 0 Å². The summed E-state index contributed by atoms with van der Waals surface area (Å²) in [5, 5.41) is 0. The van der Waals surface area contributed by atoms with Crippen LogP contribution in [0.2, 0.25) is 0 Å². The summed E-state index contributed by atoms with van der Waals surface area (Å²) in [6, 6.07) is 30.0. The lowest BCUT2D eigenvalue weighted by molar-refractivity contribution is -0.688. The van der Waals surface area contributed by atoms with Crippen LogP contribution >= 0.6 is 0 Å². The largest absolute Gasteiger partial charge is 1.00 e. The van der Waals surface area contributed by atoms with Crippen molar-refractivity contribution in [2.24, 2.45) is 0 Å². The maximum Gasteiger partial charge on any atom is 0.173 e. The number of anilines is 2. The third-order valence-electron chi connectivity index (χ3n) is 7.20. The van der Waals surface area contributed by atoms with Gasteiger partial charge in [0.05, 0.1) is 0 Å². The number of rotatable bonds is 11. The highest BCUT2D eigenvalue weighted by Gasteiger charge is 2.13. The quantitative estimate of drug-likeness (QED) is 0.170. The average molecular weight is 573 g/mol. The number of hydrogen-bond donors (Lipinski definition) is 1. The highest BCUT2D eigenvalue weighted by Crippen LogP contribution is 2.19. The first kappa shape index (κ1) is 27.7.